The number of hydrogen-bond acceptors (Lipinski definition) is 2. The lowest BCUT2D eigenvalue weighted by Gasteiger charge is -2.41. The fraction of sp³-hybridized carbons (Fsp3) is 1.00. The highest BCUT2D eigenvalue weighted by Gasteiger charge is 2.35. The first-order valence-corrected chi connectivity index (χ1v) is 7.66. The maximum Gasteiger partial charge on any atom is 0.0618 e. The maximum absolute atomic E-state index is 6.14. The van der Waals surface area contributed by atoms with E-state index >= 15 is 0 Å². The van der Waals surface area contributed by atoms with Gasteiger partial charge in [-0.05, 0) is 55.4 Å². The fourth-order valence-corrected chi connectivity index (χ4v) is 2.91. The van der Waals surface area contributed by atoms with Gasteiger partial charge in [-0.15, -0.1) is 0 Å². The molecule has 0 heterocycles. The number of hydrogen-bond donors (Lipinski definition) is 1. The highest BCUT2D eigenvalue weighted by atomic mass is 16.5. The van der Waals surface area contributed by atoms with Gasteiger partial charge >= 0.3 is 0 Å². The van der Waals surface area contributed by atoms with Gasteiger partial charge in [0.05, 0.1) is 6.10 Å². The lowest BCUT2D eigenvalue weighted by atomic mass is 9.68. The molecule has 18 heavy (non-hydrogen) atoms. The average Bonchev–Trinajstić information content (AvgIpc) is 2.27. The molecule has 0 aromatic rings. The van der Waals surface area contributed by atoms with Crippen molar-refractivity contribution in [1.29, 1.82) is 0 Å². The predicted molar refractivity (Wildman–Crippen MR) is 78.5 cm³/mol. The Hall–Kier alpha value is -0.0800. The van der Waals surface area contributed by atoms with E-state index in [1.807, 2.05) is 0 Å². The second kappa shape index (κ2) is 6.91. The smallest absolute Gasteiger partial charge is 0.0618 e. The Morgan fingerprint density at radius 1 is 1.22 bits per heavy atom. The molecule has 0 aliphatic heterocycles. The molecule has 108 valence electrons. The molecule has 1 rings (SSSR count). The Morgan fingerprint density at radius 2 is 1.89 bits per heavy atom. The van der Waals surface area contributed by atoms with E-state index in [1.165, 1.54) is 19.3 Å². The molecule has 0 bridgehead atoms. The highest BCUT2D eigenvalue weighted by molar-refractivity contribution is 4.86. The minimum atomic E-state index is 0.395. The van der Waals surface area contributed by atoms with Crippen molar-refractivity contribution >= 4 is 0 Å². The van der Waals surface area contributed by atoms with Crippen LogP contribution in [0.15, 0.2) is 0 Å². The zero-order valence-corrected chi connectivity index (χ0v) is 13.0. The Morgan fingerprint density at radius 3 is 2.39 bits per heavy atom. The van der Waals surface area contributed by atoms with Crippen LogP contribution in [0.3, 0.4) is 0 Å². The monoisotopic (exact) mass is 255 g/mol. The molecule has 1 aliphatic rings. The largest absolute Gasteiger partial charge is 0.378 e. The zero-order chi connectivity index (χ0) is 13.8. The minimum Gasteiger partial charge on any atom is -0.378 e. The summed E-state index contributed by atoms with van der Waals surface area (Å²) in [6.45, 7) is 13.2. The molecular weight excluding hydrogens is 222 g/mol. The Balaban J connectivity index is 2.49. The molecule has 1 saturated carbocycles. The molecule has 2 N–H and O–H groups in total. The van der Waals surface area contributed by atoms with E-state index in [0.717, 1.165) is 31.4 Å². The fourth-order valence-electron chi connectivity index (χ4n) is 2.91. The molecule has 0 aromatic heterocycles. The van der Waals surface area contributed by atoms with Crippen LogP contribution in [0.4, 0.5) is 0 Å². The first kappa shape index (κ1) is 16.0. The third-order valence-corrected chi connectivity index (χ3v) is 4.48. The van der Waals surface area contributed by atoms with Crippen molar-refractivity contribution in [1.82, 2.24) is 0 Å². The van der Waals surface area contributed by atoms with E-state index in [1.54, 1.807) is 0 Å². The maximum atomic E-state index is 6.14. The van der Waals surface area contributed by atoms with Gasteiger partial charge in [0.15, 0.2) is 0 Å². The molecule has 0 amide bonds. The molecule has 3 unspecified atom stereocenters. The number of nitrogens with two attached hydrogens (primary N) is 1. The molecule has 1 fully saturated rings. The minimum absolute atomic E-state index is 0.395. The first-order valence-electron chi connectivity index (χ1n) is 7.66. The van der Waals surface area contributed by atoms with E-state index in [-0.39, 0.29) is 0 Å². The third-order valence-electron chi connectivity index (χ3n) is 4.48. The Labute approximate surface area is 114 Å². The van der Waals surface area contributed by atoms with E-state index in [2.05, 4.69) is 34.6 Å². The van der Waals surface area contributed by atoms with Gasteiger partial charge in [-0.25, -0.2) is 0 Å². The van der Waals surface area contributed by atoms with Crippen LogP contribution in [-0.2, 0) is 4.74 Å². The van der Waals surface area contributed by atoms with Crippen LogP contribution >= 0.6 is 0 Å². The van der Waals surface area contributed by atoms with Gasteiger partial charge in [-0.3, -0.25) is 0 Å². The highest BCUT2D eigenvalue weighted by Crippen LogP contribution is 2.40. The third kappa shape index (κ3) is 4.89. The van der Waals surface area contributed by atoms with Gasteiger partial charge in [0.2, 0.25) is 0 Å². The van der Waals surface area contributed by atoms with Gasteiger partial charge in [-0.2, -0.15) is 0 Å². The molecule has 2 nitrogen and oxygen atoms in total. The summed E-state index contributed by atoms with van der Waals surface area (Å²) in [4.78, 5) is 0. The summed E-state index contributed by atoms with van der Waals surface area (Å²) in [5.74, 6) is 2.09. The molecule has 3 atom stereocenters. The first-order chi connectivity index (χ1) is 8.34. The quantitative estimate of drug-likeness (QED) is 0.810. The second-order valence-electron chi connectivity index (χ2n) is 7.46. The van der Waals surface area contributed by atoms with Crippen LogP contribution in [0, 0.1) is 23.2 Å². The summed E-state index contributed by atoms with van der Waals surface area (Å²) in [5.41, 5.74) is 6.30. The molecule has 1 aliphatic carbocycles. The SMILES string of the molecule is CC(C)CCOC1CC(C(C)(C)C)CCC1CN. The van der Waals surface area contributed by atoms with Crippen LogP contribution in [0.2, 0.25) is 0 Å². The standard InChI is InChI=1S/C16H33NO/c1-12(2)8-9-18-15-10-14(16(3,4)5)7-6-13(15)11-17/h12-15H,6-11,17H2,1-5H3. The summed E-state index contributed by atoms with van der Waals surface area (Å²) in [6.07, 6.45) is 5.31. The summed E-state index contributed by atoms with van der Waals surface area (Å²) in [6, 6.07) is 0. The average molecular weight is 255 g/mol. The second-order valence-corrected chi connectivity index (χ2v) is 7.46. The van der Waals surface area contributed by atoms with Gasteiger partial charge in [0, 0.05) is 6.61 Å². The molecule has 0 radical (unpaired) electrons. The van der Waals surface area contributed by atoms with Crippen LogP contribution < -0.4 is 5.73 Å². The van der Waals surface area contributed by atoms with Crippen molar-refractivity contribution in [2.45, 2.75) is 66.4 Å². The molecule has 0 saturated heterocycles. The molecule has 2 heteroatoms. The molecular formula is C16H33NO. The summed E-state index contributed by atoms with van der Waals surface area (Å²) in [7, 11) is 0. The topological polar surface area (TPSA) is 35.2 Å². The van der Waals surface area contributed by atoms with E-state index in [9.17, 15) is 0 Å². The van der Waals surface area contributed by atoms with Gasteiger partial charge < -0.3 is 10.5 Å². The van der Waals surface area contributed by atoms with Crippen molar-refractivity contribution in [3.8, 4) is 0 Å². The van der Waals surface area contributed by atoms with Gasteiger partial charge in [0.25, 0.3) is 0 Å². The normalized spacial score (nSPS) is 29.8. The van der Waals surface area contributed by atoms with Gasteiger partial charge in [0.1, 0.15) is 0 Å². The summed E-state index contributed by atoms with van der Waals surface area (Å²) in [5, 5.41) is 0. The van der Waals surface area contributed by atoms with E-state index < -0.39 is 0 Å². The number of rotatable bonds is 5. The summed E-state index contributed by atoms with van der Waals surface area (Å²) < 4.78 is 6.14. The van der Waals surface area contributed by atoms with Crippen LogP contribution in [0.5, 0.6) is 0 Å². The van der Waals surface area contributed by atoms with Crippen molar-refractivity contribution < 1.29 is 4.74 Å². The Bertz CT molecular complexity index is 232. The van der Waals surface area contributed by atoms with Crippen molar-refractivity contribution in [2.75, 3.05) is 13.2 Å². The predicted octanol–water partition coefficient (Wildman–Crippen LogP) is 3.84. The lowest BCUT2D eigenvalue weighted by molar-refractivity contribution is -0.0434. The number of ether oxygens (including phenoxy) is 1. The zero-order valence-electron chi connectivity index (χ0n) is 13.0. The van der Waals surface area contributed by atoms with Crippen LogP contribution in [0.25, 0.3) is 0 Å². The van der Waals surface area contributed by atoms with E-state index in [4.69, 9.17) is 10.5 Å². The van der Waals surface area contributed by atoms with Crippen molar-refractivity contribution in [3.05, 3.63) is 0 Å². The molecule has 0 aromatic carbocycles. The van der Waals surface area contributed by atoms with Gasteiger partial charge in [-0.1, -0.05) is 34.6 Å². The van der Waals surface area contributed by atoms with Crippen molar-refractivity contribution in [3.63, 3.8) is 0 Å². The van der Waals surface area contributed by atoms with Crippen LogP contribution in [-0.4, -0.2) is 19.3 Å². The van der Waals surface area contributed by atoms with Crippen LogP contribution in [0.1, 0.15) is 60.3 Å². The lowest BCUT2D eigenvalue weighted by Crippen LogP contribution is -2.40. The summed E-state index contributed by atoms with van der Waals surface area (Å²) >= 11 is 0. The Kier molecular flexibility index (Phi) is 6.13. The van der Waals surface area contributed by atoms with E-state index in [0.29, 0.717) is 17.4 Å². The van der Waals surface area contributed by atoms with Crippen molar-refractivity contribution in [2.24, 2.45) is 28.9 Å². The molecule has 0 spiro atoms.